The molecule has 1 aliphatic heterocycles. The second-order valence-corrected chi connectivity index (χ2v) is 4.34. The van der Waals surface area contributed by atoms with Crippen LogP contribution >= 0.6 is 0 Å². The van der Waals surface area contributed by atoms with Gasteiger partial charge in [0.25, 0.3) is 0 Å². The lowest BCUT2D eigenvalue weighted by Crippen LogP contribution is -2.30. The monoisotopic (exact) mass is 293 g/mol. The smallest absolute Gasteiger partial charge is 0.327 e. The zero-order chi connectivity index (χ0) is 15.2. The quantitative estimate of drug-likeness (QED) is 0.611. The van der Waals surface area contributed by atoms with E-state index in [2.05, 4.69) is 11.9 Å². The van der Waals surface area contributed by atoms with E-state index in [0.717, 1.165) is 0 Å². The van der Waals surface area contributed by atoms with Gasteiger partial charge in [-0.2, -0.15) is 0 Å². The first-order valence-corrected chi connectivity index (χ1v) is 6.69. The molecule has 0 bridgehead atoms. The van der Waals surface area contributed by atoms with Crippen LogP contribution < -0.4 is 19.5 Å². The van der Waals surface area contributed by atoms with Gasteiger partial charge in [-0.25, -0.2) is 4.79 Å². The molecule has 0 aromatic heterocycles. The first-order chi connectivity index (χ1) is 10.2. The number of ether oxygens (including phenoxy) is 4. The summed E-state index contributed by atoms with van der Waals surface area (Å²) in [5.41, 5.74) is 0.691. The molecule has 0 aliphatic carbocycles. The SMILES string of the molecule is C=CCNC(C(=O)OCC)c1cc(OC)c2c(c1)OCO2. The summed E-state index contributed by atoms with van der Waals surface area (Å²) in [6.45, 7) is 6.33. The van der Waals surface area contributed by atoms with Crippen molar-refractivity contribution in [1.82, 2.24) is 5.32 Å². The number of methoxy groups -OCH3 is 1. The Morgan fingerprint density at radius 2 is 2.33 bits per heavy atom. The van der Waals surface area contributed by atoms with Gasteiger partial charge in [0, 0.05) is 6.54 Å². The summed E-state index contributed by atoms with van der Waals surface area (Å²) in [5, 5.41) is 3.07. The molecular formula is C15H19NO5. The molecular weight excluding hydrogens is 274 g/mol. The minimum Gasteiger partial charge on any atom is -0.493 e. The Kier molecular flexibility index (Phi) is 5.05. The van der Waals surface area contributed by atoms with E-state index in [1.54, 1.807) is 25.1 Å². The average molecular weight is 293 g/mol. The molecule has 1 aromatic carbocycles. The number of benzene rings is 1. The lowest BCUT2D eigenvalue weighted by molar-refractivity contribution is -0.145. The van der Waals surface area contributed by atoms with E-state index in [4.69, 9.17) is 18.9 Å². The van der Waals surface area contributed by atoms with Crippen LogP contribution in [-0.2, 0) is 9.53 Å². The van der Waals surface area contributed by atoms with Gasteiger partial charge < -0.3 is 18.9 Å². The molecule has 6 heteroatoms. The van der Waals surface area contributed by atoms with Gasteiger partial charge in [0.1, 0.15) is 6.04 Å². The van der Waals surface area contributed by atoms with Crippen molar-refractivity contribution < 1.29 is 23.7 Å². The van der Waals surface area contributed by atoms with Crippen molar-refractivity contribution in [1.29, 1.82) is 0 Å². The maximum absolute atomic E-state index is 12.1. The van der Waals surface area contributed by atoms with E-state index in [0.29, 0.717) is 36.0 Å². The Morgan fingerprint density at radius 3 is 3.00 bits per heavy atom. The van der Waals surface area contributed by atoms with E-state index in [9.17, 15) is 4.79 Å². The molecule has 1 N–H and O–H groups in total. The number of nitrogens with one attached hydrogen (secondary N) is 1. The number of carbonyl (C=O) groups excluding carboxylic acids is 1. The Labute approximate surface area is 123 Å². The van der Waals surface area contributed by atoms with Crippen LogP contribution in [0.1, 0.15) is 18.5 Å². The Hall–Kier alpha value is -2.21. The molecule has 1 aromatic rings. The summed E-state index contributed by atoms with van der Waals surface area (Å²) in [7, 11) is 1.54. The first-order valence-electron chi connectivity index (χ1n) is 6.69. The zero-order valence-corrected chi connectivity index (χ0v) is 12.2. The van der Waals surface area contributed by atoms with Crippen molar-refractivity contribution >= 4 is 5.97 Å². The fourth-order valence-corrected chi connectivity index (χ4v) is 2.08. The van der Waals surface area contributed by atoms with Crippen LogP contribution in [0.25, 0.3) is 0 Å². The lowest BCUT2D eigenvalue weighted by atomic mass is 10.1. The summed E-state index contributed by atoms with van der Waals surface area (Å²) in [5.74, 6) is 1.27. The predicted molar refractivity (Wildman–Crippen MR) is 76.7 cm³/mol. The zero-order valence-electron chi connectivity index (χ0n) is 12.2. The Morgan fingerprint density at radius 1 is 1.52 bits per heavy atom. The van der Waals surface area contributed by atoms with Crippen molar-refractivity contribution in [3.05, 3.63) is 30.4 Å². The summed E-state index contributed by atoms with van der Waals surface area (Å²) in [6, 6.07) is 2.87. The number of rotatable bonds is 7. The van der Waals surface area contributed by atoms with E-state index in [1.165, 1.54) is 7.11 Å². The molecule has 0 radical (unpaired) electrons. The highest BCUT2D eigenvalue weighted by Crippen LogP contribution is 2.43. The van der Waals surface area contributed by atoms with Crippen LogP contribution in [-0.4, -0.2) is 33.0 Å². The number of carbonyl (C=O) groups is 1. The molecule has 0 spiro atoms. The van der Waals surface area contributed by atoms with E-state index in [-0.39, 0.29) is 12.8 Å². The van der Waals surface area contributed by atoms with Crippen molar-refractivity contribution in [3.63, 3.8) is 0 Å². The van der Waals surface area contributed by atoms with Crippen LogP contribution in [0.4, 0.5) is 0 Å². The van der Waals surface area contributed by atoms with Crippen LogP contribution in [0, 0.1) is 0 Å². The molecule has 0 saturated carbocycles. The molecule has 0 saturated heterocycles. The van der Waals surface area contributed by atoms with Gasteiger partial charge in [0.15, 0.2) is 11.5 Å². The number of fused-ring (bicyclic) bond motifs is 1. The molecule has 1 atom stereocenters. The van der Waals surface area contributed by atoms with Gasteiger partial charge in [-0.15, -0.1) is 6.58 Å². The highest BCUT2D eigenvalue weighted by molar-refractivity contribution is 5.78. The van der Waals surface area contributed by atoms with Crippen LogP contribution in [0.3, 0.4) is 0 Å². The second-order valence-electron chi connectivity index (χ2n) is 4.34. The minimum atomic E-state index is -0.619. The van der Waals surface area contributed by atoms with Crippen molar-refractivity contribution in [2.75, 3.05) is 27.1 Å². The van der Waals surface area contributed by atoms with Gasteiger partial charge in [0.2, 0.25) is 12.5 Å². The third-order valence-corrected chi connectivity index (χ3v) is 3.00. The minimum absolute atomic E-state index is 0.138. The third kappa shape index (κ3) is 3.28. The molecule has 1 heterocycles. The molecule has 1 aliphatic rings. The maximum Gasteiger partial charge on any atom is 0.327 e. The Balaban J connectivity index is 2.34. The van der Waals surface area contributed by atoms with E-state index in [1.807, 2.05) is 0 Å². The van der Waals surface area contributed by atoms with Crippen LogP contribution in [0.2, 0.25) is 0 Å². The number of hydrogen-bond acceptors (Lipinski definition) is 6. The van der Waals surface area contributed by atoms with Crippen molar-refractivity contribution in [2.45, 2.75) is 13.0 Å². The number of esters is 1. The topological polar surface area (TPSA) is 66.0 Å². The highest BCUT2D eigenvalue weighted by atomic mass is 16.7. The molecule has 114 valence electrons. The van der Waals surface area contributed by atoms with E-state index < -0.39 is 6.04 Å². The van der Waals surface area contributed by atoms with Gasteiger partial charge in [-0.1, -0.05) is 6.08 Å². The molecule has 0 fully saturated rings. The molecule has 1 unspecified atom stereocenters. The van der Waals surface area contributed by atoms with Crippen molar-refractivity contribution in [3.8, 4) is 17.2 Å². The van der Waals surface area contributed by atoms with Gasteiger partial charge in [-0.3, -0.25) is 5.32 Å². The summed E-state index contributed by atoms with van der Waals surface area (Å²) in [6.07, 6.45) is 1.68. The van der Waals surface area contributed by atoms with Gasteiger partial charge >= 0.3 is 5.97 Å². The largest absolute Gasteiger partial charge is 0.493 e. The second kappa shape index (κ2) is 6.99. The standard InChI is InChI=1S/C15H19NO5/c1-4-6-16-13(15(17)19-5-2)10-7-11(18-3)14-12(8-10)20-9-21-14/h4,7-8,13,16H,1,5-6,9H2,2-3H3. The average Bonchev–Trinajstić information content (AvgIpc) is 2.95. The van der Waals surface area contributed by atoms with E-state index >= 15 is 0 Å². The Bertz CT molecular complexity index is 529. The van der Waals surface area contributed by atoms with Gasteiger partial charge in [-0.05, 0) is 24.6 Å². The fourth-order valence-electron chi connectivity index (χ4n) is 2.08. The molecule has 6 nitrogen and oxygen atoms in total. The van der Waals surface area contributed by atoms with Gasteiger partial charge in [0.05, 0.1) is 13.7 Å². The fraction of sp³-hybridized carbons (Fsp3) is 0.400. The third-order valence-electron chi connectivity index (χ3n) is 3.00. The van der Waals surface area contributed by atoms with Crippen LogP contribution in [0.15, 0.2) is 24.8 Å². The highest BCUT2D eigenvalue weighted by Gasteiger charge is 2.27. The molecule has 0 amide bonds. The van der Waals surface area contributed by atoms with Crippen molar-refractivity contribution in [2.24, 2.45) is 0 Å². The number of hydrogen-bond donors (Lipinski definition) is 1. The maximum atomic E-state index is 12.1. The lowest BCUT2D eigenvalue weighted by Gasteiger charge is -2.18. The van der Waals surface area contributed by atoms with Crippen LogP contribution in [0.5, 0.6) is 17.2 Å². The normalized spacial score (nSPS) is 13.6. The molecule has 21 heavy (non-hydrogen) atoms. The predicted octanol–water partition coefficient (Wildman–Crippen LogP) is 1.80. The summed E-state index contributed by atoms with van der Waals surface area (Å²) in [4.78, 5) is 12.1. The first kappa shape index (κ1) is 15.2. The summed E-state index contributed by atoms with van der Waals surface area (Å²) < 4.78 is 21.1. The molecule has 2 rings (SSSR count). The summed E-state index contributed by atoms with van der Waals surface area (Å²) >= 11 is 0.